The second-order valence-electron chi connectivity index (χ2n) is 3.95. The topological polar surface area (TPSA) is 64.8 Å². The first-order chi connectivity index (χ1) is 8.15. The summed E-state index contributed by atoms with van der Waals surface area (Å²) in [6.07, 6.45) is 1.30. The van der Waals surface area contributed by atoms with Crippen LogP contribution in [0.15, 0.2) is 0 Å². The lowest BCUT2D eigenvalue weighted by molar-refractivity contribution is -0.144. The van der Waals surface area contributed by atoms with Crippen LogP contribution in [0.5, 0.6) is 0 Å². The zero-order chi connectivity index (χ0) is 13.3. The van der Waals surface area contributed by atoms with Crippen LogP contribution in [0.2, 0.25) is 0 Å². The molecule has 0 aromatic heterocycles. The molecule has 102 valence electrons. The molecular formula is C12H26N2O3. The van der Waals surface area contributed by atoms with Crippen LogP contribution in [0.3, 0.4) is 0 Å². The van der Waals surface area contributed by atoms with Crippen LogP contribution in [0.25, 0.3) is 0 Å². The average Bonchev–Trinajstić information content (AvgIpc) is 2.35. The lowest BCUT2D eigenvalue weighted by atomic mass is 10.1. The molecule has 0 saturated heterocycles. The summed E-state index contributed by atoms with van der Waals surface area (Å²) >= 11 is 0. The van der Waals surface area contributed by atoms with Gasteiger partial charge in [-0.2, -0.15) is 0 Å². The summed E-state index contributed by atoms with van der Waals surface area (Å²) in [5.74, 6) is -0.0410. The highest BCUT2D eigenvalue weighted by Crippen LogP contribution is 2.11. The number of methoxy groups -OCH3 is 2. The molecule has 0 aromatic rings. The quantitative estimate of drug-likeness (QED) is 0.648. The minimum Gasteiger partial charge on any atom is -0.383 e. The highest BCUT2D eigenvalue weighted by molar-refractivity contribution is 5.81. The van der Waals surface area contributed by atoms with Crippen molar-refractivity contribution in [3.05, 3.63) is 0 Å². The zero-order valence-electron chi connectivity index (χ0n) is 11.4. The van der Waals surface area contributed by atoms with Crippen LogP contribution in [0.4, 0.5) is 0 Å². The fourth-order valence-corrected chi connectivity index (χ4v) is 1.87. The molecule has 2 N–H and O–H groups in total. The van der Waals surface area contributed by atoms with Crippen molar-refractivity contribution in [1.82, 2.24) is 4.90 Å². The van der Waals surface area contributed by atoms with E-state index >= 15 is 0 Å². The second kappa shape index (κ2) is 9.39. The van der Waals surface area contributed by atoms with Crippen molar-refractivity contribution in [1.29, 1.82) is 0 Å². The number of carbonyl (C=O) groups excluding carboxylic acids is 1. The molecule has 5 heteroatoms. The van der Waals surface area contributed by atoms with Gasteiger partial charge in [0.15, 0.2) is 0 Å². The fraction of sp³-hybridized carbons (Fsp3) is 0.917. The van der Waals surface area contributed by atoms with Gasteiger partial charge in [0.2, 0.25) is 0 Å². The summed E-state index contributed by atoms with van der Waals surface area (Å²) in [5.41, 5.74) is 5.53. The number of rotatable bonds is 9. The third kappa shape index (κ3) is 5.02. The molecule has 0 aromatic carbocycles. The summed E-state index contributed by atoms with van der Waals surface area (Å²) in [6.45, 7) is 5.47. The highest BCUT2D eigenvalue weighted by atomic mass is 16.5. The van der Waals surface area contributed by atoms with Crippen molar-refractivity contribution in [3.8, 4) is 0 Å². The number of amides is 1. The molecular weight excluding hydrogens is 220 g/mol. The van der Waals surface area contributed by atoms with Crippen LogP contribution in [0.1, 0.15) is 26.7 Å². The Bertz CT molecular complexity index is 204. The van der Waals surface area contributed by atoms with Crippen LogP contribution >= 0.6 is 0 Å². The van der Waals surface area contributed by atoms with Gasteiger partial charge in [0.05, 0.1) is 6.61 Å². The summed E-state index contributed by atoms with van der Waals surface area (Å²) in [6, 6.07) is 0.224. The van der Waals surface area contributed by atoms with E-state index in [-0.39, 0.29) is 18.5 Å². The standard InChI is InChI=1S/C12H26N2O3/c1-5-10(6-2)14(7-8-16-3)12(15)11(9-13)17-4/h10-11H,5-9,13H2,1-4H3. The molecule has 0 rings (SSSR count). The van der Waals surface area contributed by atoms with Crippen LogP contribution in [-0.4, -0.2) is 56.9 Å². The Morgan fingerprint density at radius 3 is 2.24 bits per heavy atom. The van der Waals surface area contributed by atoms with E-state index in [9.17, 15) is 4.79 Å². The van der Waals surface area contributed by atoms with E-state index in [0.717, 1.165) is 12.8 Å². The average molecular weight is 246 g/mol. The maximum absolute atomic E-state index is 12.2. The lowest BCUT2D eigenvalue weighted by Crippen LogP contribution is -2.49. The highest BCUT2D eigenvalue weighted by Gasteiger charge is 2.26. The molecule has 0 aliphatic heterocycles. The second-order valence-corrected chi connectivity index (χ2v) is 3.95. The molecule has 0 bridgehead atoms. The third-order valence-electron chi connectivity index (χ3n) is 2.98. The first-order valence-corrected chi connectivity index (χ1v) is 6.18. The Morgan fingerprint density at radius 2 is 1.88 bits per heavy atom. The summed E-state index contributed by atoms with van der Waals surface area (Å²) in [4.78, 5) is 14.1. The number of hydrogen-bond acceptors (Lipinski definition) is 4. The Balaban J connectivity index is 4.69. The summed E-state index contributed by atoms with van der Waals surface area (Å²) < 4.78 is 10.1. The van der Waals surface area contributed by atoms with Crippen molar-refractivity contribution in [2.24, 2.45) is 5.73 Å². The molecule has 0 aliphatic carbocycles. The van der Waals surface area contributed by atoms with E-state index in [4.69, 9.17) is 15.2 Å². The van der Waals surface area contributed by atoms with E-state index in [0.29, 0.717) is 13.2 Å². The normalized spacial score (nSPS) is 12.8. The van der Waals surface area contributed by atoms with Gasteiger partial charge in [0.25, 0.3) is 5.91 Å². The van der Waals surface area contributed by atoms with Gasteiger partial charge in [-0.05, 0) is 12.8 Å². The molecule has 17 heavy (non-hydrogen) atoms. The Kier molecular flexibility index (Phi) is 9.03. The lowest BCUT2D eigenvalue weighted by Gasteiger charge is -2.32. The molecule has 5 nitrogen and oxygen atoms in total. The van der Waals surface area contributed by atoms with Gasteiger partial charge in [-0.1, -0.05) is 13.8 Å². The predicted octanol–water partition coefficient (Wildman–Crippen LogP) is 0.624. The Labute approximate surface area is 104 Å². The maximum Gasteiger partial charge on any atom is 0.253 e. The van der Waals surface area contributed by atoms with Gasteiger partial charge in [0, 0.05) is 33.4 Å². The van der Waals surface area contributed by atoms with Gasteiger partial charge < -0.3 is 20.1 Å². The monoisotopic (exact) mass is 246 g/mol. The number of nitrogens with two attached hydrogens (primary N) is 1. The molecule has 1 amide bonds. The van der Waals surface area contributed by atoms with E-state index in [1.54, 1.807) is 7.11 Å². The molecule has 0 saturated carbocycles. The molecule has 0 spiro atoms. The van der Waals surface area contributed by atoms with Crippen molar-refractivity contribution < 1.29 is 14.3 Å². The van der Waals surface area contributed by atoms with Gasteiger partial charge >= 0.3 is 0 Å². The molecule has 0 aliphatic rings. The maximum atomic E-state index is 12.2. The minimum absolute atomic E-state index is 0.0410. The van der Waals surface area contributed by atoms with Gasteiger partial charge in [-0.25, -0.2) is 0 Å². The van der Waals surface area contributed by atoms with Gasteiger partial charge in [-0.15, -0.1) is 0 Å². The summed E-state index contributed by atoms with van der Waals surface area (Å²) in [5, 5.41) is 0. The first-order valence-electron chi connectivity index (χ1n) is 6.18. The largest absolute Gasteiger partial charge is 0.383 e. The zero-order valence-corrected chi connectivity index (χ0v) is 11.4. The smallest absolute Gasteiger partial charge is 0.253 e. The van der Waals surface area contributed by atoms with E-state index in [1.807, 2.05) is 4.90 Å². The van der Waals surface area contributed by atoms with Gasteiger partial charge in [0.1, 0.15) is 6.10 Å². The van der Waals surface area contributed by atoms with Crippen LogP contribution in [-0.2, 0) is 14.3 Å². The van der Waals surface area contributed by atoms with Crippen LogP contribution in [0, 0.1) is 0 Å². The number of carbonyl (C=O) groups is 1. The number of hydrogen-bond donors (Lipinski definition) is 1. The van der Waals surface area contributed by atoms with Crippen LogP contribution < -0.4 is 5.73 Å². The molecule has 1 atom stereocenters. The Hall–Kier alpha value is -0.650. The summed E-state index contributed by atoms with van der Waals surface area (Å²) in [7, 11) is 3.14. The SMILES string of the molecule is CCC(CC)N(CCOC)C(=O)C(CN)OC. The molecule has 1 unspecified atom stereocenters. The molecule has 0 heterocycles. The number of nitrogens with zero attached hydrogens (tertiary/aromatic N) is 1. The third-order valence-corrected chi connectivity index (χ3v) is 2.98. The van der Waals surface area contributed by atoms with Crippen molar-refractivity contribution >= 4 is 5.91 Å². The van der Waals surface area contributed by atoms with E-state index < -0.39 is 6.10 Å². The van der Waals surface area contributed by atoms with Crippen molar-refractivity contribution in [2.75, 3.05) is 33.9 Å². The minimum atomic E-state index is -0.549. The van der Waals surface area contributed by atoms with Crippen molar-refractivity contribution in [2.45, 2.75) is 38.8 Å². The van der Waals surface area contributed by atoms with Gasteiger partial charge in [-0.3, -0.25) is 4.79 Å². The molecule has 0 radical (unpaired) electrons. The van der Waals surface area contributed by atoms with E-state index in [2.05, 4.69) is 13.8 Å². The van der Waals surface area contributed by atoms with E-state index in [1.165, 1.54) is 7.11 Å². The molecule has 0 fully saturated rings. The van der Waals surface area contributed by atoms with Crippen molar-refractivity contribution in [3.63, 3.8) is 0 Å². The fourth-order valence-electron chi connectivity index (χ4n) is 1.87. The Morgan fingerprint density at radius 1 is 1.29 bits per heavy atom. The first kappa shape index (κ1) is 16.4. The predicted molar refractivity (Wildman–Crippen MR) is 67.8 cm³/mol. The number of ether oxygens (including phenoxy) is 2.